The Hall–Kier alpha value is -1.75. The number of hydrogen-bond donors (Lipinski definition) is 1. The predicted molar refractivity (Wildman–Crippen MR) is 67.6 cm³/mol. The van der Waals surface area contributed by atoms with Crippen LogP contribution in [0.3, 0.4) is 0 Å². The van der Waals surface area contributed by atoms with Crippen LogP contribution >= 0.6 is 0 Å². The van der Waals surface area contributed by atoms with Crippen LogP contribution < -0.4 is 5.32 Å². The molecular formula is C13H17FN4. The average Bonchev–Trinajstić information content (AvgIpc) is 2.72. The molecule has 1 N–H and O–H groups in total. The summed E-state index contributed by atoms with van der Waals surface area (Å²) in [5.74, 6) is -0.203. The third-order valence-electron chi connectivity index (χ3n) is 3.02. The number of aromatic nitrogens is 3. The zero-order valence-electron chi connectivity index (χ0n) is 10.8. The Labute approximate surface area is 106 Å². The van der Waals surface area contributed by atoms with Crippen LogP contribution in [0.4, 0.5) is 4.39 Å². The highest BCUT2D eigenvalue weighted by Gasteiger charge is 2.14. The zero-order valence-corrected chi connectivity index (χ0v) is 10.8. The molecule has 0 aliphatic carbocycles. The molecule has 1 aromatic heterocycles. The van der Waals surface area contributed by atoms with Crippen molar-refractivity contribution in [2.75, 3.05) is 7.05 Å². The first-order valence-corrected chi connectivity index (χ1v) is 5.88. The van der Waals surface area contributed by atoms with Crippen molar-refractivity contribution in [2.24, 2.45) is 7.05 Å². The van der Waals surface area contributed by atoms with Crippen LogP contribution in [0.5, 0.6) is 0 Å². The fraction of sp³-hybridized carbons (Fsp3) is 0.385. The van der Waals surface area contributed by atoms with E-state index in [-0.39, 0.29) is 11.9 Å². The van der Waals surface area contributed by atoms with Gasteiger partial charge in [0.25, 0.3) is 0 Å². The van der Waals surface area contributed by atoms with Crippen LogP contribution in [0.15, 0.2) is 24.4 Å². The van der Waals surface area contributed by atoms with Gasteiger partial charge < -0.3 is 5.32 Å². The van der Waals surface area contributed by atoms with Crippen molar-refractivity contribution in [2.45, 2.75) is 19.4 Å². The van der Waals surface area contributed by atoms with E-state index in [1.807, 2.05) is 33.3 Å². The molecule has 0 aliphatic rings. The first-order valence-electron chi connectivity index (χ1n) is 5.88. The van der Waals surface area contributed by atoms with E-state index in [1.165, 1.54) is 6.07 Å². The summed E-state index contributed by atoms with van der Waals surface area (Å²) in [4.78, 5) is 0. The van der Waals surface area contributed by atoms with Gasteiger partial charge in [-0.15, -0.1) is 5.10 Å². The van der Waals surface area contributed by atoms with Crippen molar-refractivity contribution in [1.82, 2.24) is 20.3 Å². The molecule has 1 heterocycles. The molecule has 0 radical (unpaired) electrons. The van der Waals surface area contributed by atoms with Gasteiger partial charge in [0, 0.05) is 25.7 Å². The average molecular weight is 248 g/mol. The van der Waals surface area contributed by atoms with Gasteiger partial charge in [-0.2, -0.15) is 0 Å². The summed E-state index contributed by atoms with van der Waals surface area (Å²) >= 11 is 0. The van der Waals surface area contributed by atoms with E-state index in [1.54, 1.807) is 10.7 Å². The van der Waals surface area contributed by atoms with Crippen LogP contribution in [-0.2, 0) is 13.5 Å². The van der Waals surface area contributed by atoms with Crippen molar-refractivity contribution >= 4 is 0 Å². The minimum Gasteiger partial charge on any atom is -0.313 e. The molecule has 0 bridgehead atoms. The molecule has 2 aromatic rings. The van der Waals surface area contributed by atoms with Crippen molar-refractivity contribution in [1.29, 1.82) is 0 Å². The van der Waals surface area contributed by atoms with Gasteiger partial charge in [-0.3, -0.25) is 4.68 Å². The highest BCUT2D eigenvalue weighted by Crippen LogP contribution is 2.21. The topological polar surface area (TPSA) is 42.7 Å². The summed E-state index contributed by atoms with van der Waals surface area (Å²) in [6.45, 7) is 1.92. The van der Waals surface area contributed by atoms with Crippen molar-refractivity contribution in [3.05, 3.63) is 47.0 Å². The van der Waals surface area contributed by atoms with E-state index in [4.69, 9.17) is 0 Å². The fourth-order valence-electron chi connectivity index (χ4n) is 2.10. The maximum absolute atomic E-state index is 13.1. The minimum atomic E-state index is -0.203. The fourth-order valence-corrected chi connectivity index (χ4v) is 2.10. The predicted octanol–water partition coefficient (Wildman–Crippen LogP) is 1.77. The lowest BCUT2D eigenvalue weighted by Gasteiger charge is -2.17. The summed E-state index contributed by atoms with van der Waals surface area (Å²) in [5, 5.41) is 11.2. The summed E-state index contributed by atoms with van der Waals surface area (Å²) in [6.07, 6.45) is 2.63. The van der Waals surface area contributed by atoms with Crippen LogP contribution in [0, 0.1) is 12.7 Å². The molecule has 18 heavy (non-hydrogen) atoms. The normalized spacial score (nSPS) is 12.7. The molecule has 0 saturated heterocycles. The highest BCUT2D eigenvalue weighted by molar-refractivity contribution is 5.30. The molecule has 0 amide bonds. The lowest BCUT2D eigenvalue weighted by atomic mass is 9.98. The Bertz CT molecular complexity index is 536. The molecule has 5 heteroatoms. The maximum Gasteiger partial charge on any atom is 0.123 e. The standard InChI is InChI=1S/C13H17FN4/c1-9-6-10(14)4-5-12(9)13(15-2)7-11-8-18(3)17-16-11/h4-6,8,13,15H,7H2,1-3H3. The second kappa shape index (κ2) is 5.27. The van der Waals surface area contributed by atoms with Gasteiger partial charge >= 0.3 is 0 Å². The van der Waals surface area contributed by atoms with Crippen molar-refractivity contribution in [3.8, 4) is 0 Å². The first-order chi connectivity index (χ1) is 8.60. The van der Waals surface area contributed by atoms with Gasteiger partial charge in [0.1, 0.15) is 5.82 Å². The summed E-state index contributed by atoms with van der Waals surface area (Å²) in [6, 6.07) is 4.98. The number of rotatable bonds is 4. The Morgan fingerprint density at radius 1 is 1.44 bits per heavy atom. The molecule has 0 spiro atoms. The lowest BCUT2D eigenvalue weighted by molar-refractivity contribution is 0.575. The number of nitrogens with one attached hydrogen (secondary N) is 1. The van der Waals surface area contributed by atoms with Crippen molar-refractivity contribution in [3.63, 3.8) is 0 Å². The van der Waals surface area contributed by atoms with Crippen LogP contribution in [0.2, 0.25) is 0 Å². The largest absolute Gasteiger partial charge is 0.313 e. The number of nitrogens with zero attached hydrogens (tertiary/aromatic N) is 3. The number of benzene rings is 1. The molecule has 96 valence electrons. The number of halogens is 1. The molecule has 0 aliphatic heterocycles. The number of likely N-dealkylation sites (N-methyl/N-ethyl adjacent to an activating group) is 1. The smallest absolute Gasteiger partial charge is 0.123 e. The van der Waals surface area contributed by atoms with Crippen molar-refractivity contribution < 1.29 is 4.39 Å². The Balaban J connectivity index is 2.22. The van der Waals surface area contributed by atoms with E-state index >= 15 is 0 Å². The van der Waals surface area contributed by atoms with Crippen LogP contribution in [0.25, 0.3) is 0 Å². The first kappa shape index (κ1) is 12.7. The third-order valence-corrected chi connectivity index (χ3v) is 3.02. The quantitative estimate of drug-likeness (QED) is 0.896. The van der Waals surface area contributed by atoms with E-state index < -0.39 is 0 Å². The maximum atomic E-state index is 13.1. The SMILES string of the molecule is CNC(Cc1cn(C)nn1)c1ccc(F)cc1C. The molecule has 2 rings (SSSR count). The van der Waals surface area contributed by atoms with Gasteiger partial charge in [0.2, 0.25) is 0 Å². The summed E-state index contributed by atoms with van der Waals surface area (Å²) < 4.78 is 14.8. The van der Waals surface area contributed by atoms with Gasteiger partial charge in [-0.25, -0.2) is 4.39 Å². The third kappa shape index (κ3) is 2.73. The van der Waals surface area contributed by atoms with Gasteiger partial charge in [0.15, 0.2) is 0 Å². The molecular weight excluding hydrogens is 231 g/mol. The Morgan fingerprint density at radius 2 is 2.22 bits per heavy atom. The lowest BCUT2D eigenvalue weighted by Crippen LogP contribution is -2.20. The number of hydrogen-bond acceptors (Lipinski definition) is 3. The van der Waals surface area contributed by atoms with Crippen LogP contribution in [-0.4, -0.2) is 22.0 Å². The van der Waals surface area contributed by atoms with Crippen LogP contribution in [0.1, 0.15) is 22.9 Å². The van der Waals surface area contributed by atoms with E-state index in [2.05, 4.69) is 15.6 Å². The Morgan fingerprint density at radius 3 is 2.78 bits per heavy atom. The van der Waals surface area contributed by atoms with Gasteiger partial charge in [-0.05, 0) is 37.2 Å². The van der Waals surface area contributed by atoms with E-state index in [0.717, 1.165) is 23.2 Å². The second-order valence-corrected chi connectivity index (χ2v) is 4.43. The van der Waals surface area contributed by atoms with Gasteiger partial charge in [-0.1, -0.05) is 11.3 Å². The van der Waals surface area contributed by atoms with Gasteiger partial charge in [0.05, 0.1) is 5.69 Å². The molecule has 1 atom stereocenters. The Kier molecular flexibility index (Phi) is 3.72. The minimum absolute atomic E-state index is 0.113. The zero-order chi connectivity index (χ0) is 13.1. The van der Waals surface area contributed by atoms with E-state index in [0.29, 0.717) is 0 Å². The highest BCUT2D eigenvalue weighted by atomic mass is 19.1. The molecule has 0 fully saturated rings. The molecule has 4 nitrogen and oxygen atoms in total. The molecule has 1 aromatic carbocycles. The van der Waals surface area contributed by atoms with E-state index in [9.17, 15) is 4.39 Å². The monoisotopic (exact) mass is 248 g/mol. The summed E-state index contributed by atoms with van der Waals surface area (Å²) in [7, 11) is 3.73. The number of aryl methyl sites for hydroxylation is 2. The summed E-state index contributed by atoms with van der Waals surface area (Å²) in [5.41, 5.74) is 2.95. The molecule has 1 unspecified atom stereocenters. The molecule has 0 saturated carbocycles. The second-order valence-electron chi connectivity index (χ2n) is 4.43.